The number of aromatic nitrogens is 10. The molecule has 0 spiro atoms. The van der Waals surface area contributed by atoms with E-state index in [0.717, 1.165) is 163 Å². The summed E-state index contributed by atoms with van der Waals surface area (Å²) in [6.07, 6.45) is 0. The van der Waals surface area contributed by atoms with Crippen LogP contribution < -0.4 is 14.2 Å². The molecular formula is C113H84Cl2N10O10. The Morgan fingerprint density at radius 3 is 1.13 bits per heavy atom. The molecule has 21 rings (SSSR count). The van der Waals surface area contributed by atoms with E-state index in [9.17, 15) is 34.8 Å². The minimum atomic E-state index is -1.00. The number of ether oxygens (including phenoxy) is 3. The van der Waals surface area contributed by atoms with Gasteiger partial charge in [-0.3, -0.25) is 4.79 Å². The molecule has 660 valence electrons. The van der Waals surface area contributed by atoms with Crippen LogP contribution in [0.15, 0.2) is 364 Å². The van der Waals surface area contributed by atoms with Crippen molar-refractivity contribution in [3.05, 3.63) is 407 Å². The Labute approximate surface area is 786 Å². The average molecular weight is 1810 g/mol. The molecule has 0 aliphatic heterocycles. The Kier molecular flexibility index (Phi) is 25.5. The molecule has 20 aromatic rings. The van der Waals surface area contributed by atoms with Gasteiger partial charge in [0.1, 0.15) is 46.4 Å². The maximum atomic E-state index is 13.8. The number of fused-ring (bicyclic) bond motifs is 3. The Morgan fingerprint density at radius 2 is 0.667 bits per heavy atom. The molecule has 0 atom stereocenters. The monoisotopic (exact) mass is 1810 g/mol. The standard InChI is InChI=1S/C45H28N4O5.C23H20N2O2.C23H20N2O.C22H16Cl2N2O2/c50-41-33-21-19-31(39-37(25-7-3-1-4-8-25)46-42(48-39)27-11-15-29(16-12-27)44(51)52)23-35(33)36-24-32(20-22-34(36)41)40-38(26-9-5-2-6-10-26)47-43(49-40)28-13-17-30(18-14-28)45(53)54;1-26-18-13-14-19(20(15-18)27-2)23-24-21(16-9-5-3-6-10-16)22(25-23)17-11-7-4-8-12-17;1-15-11-12-16(2)20(13-15)22-21(17-7-4-3-5-8-17)24-23(25-22)18-9-6-10-19(26)14-18;1-28-18-11-10-14(12-17(18)27)22-25-20(13-6-3-2-4-7-13)21(26-22)15-8-5-9-16(23)19(15)24/h1-24H,(H,46,48)(H,47,49)(H,51,52)(H,53,54);3-15H,1-2H3,(H,24,25);3-14,26H,1-2H3,(H,24,25);2-12,27H,1H3,(H,25,26). The van der Waals surface area contributed by atoms with Crippen LogP contribution in [0.5, 0.6) is 28.7 Å². The number of hydrogen-bond acceptors (Lipinski definition) is 13. The Morgan fingerprint density at radius 1 is 0.289 bits per heavy atom. The van der Waals surface area contributed by atoms with Crippen LogP contribution in [0, 0.1) is 13.8 Å². The smallest absolute Gasteiger partial charge is 0.335 e. The number of imidazole rings is 5. The minimum Gasteiger partial charge on any atom is -0.508 e. The number of carboxylic acids is 2. The number of ketones is 1. The van der Waals surface area contributed by atoms with Crippen LogP contribution in [0.4, 0.5) is 0 Å². The number of hydrogen-bond donors (Lipinski definition) is 9. The number of rotatable bonds is 20. The highest BCUT2D eigenvalue weighted by atomic mass is 35.5. The van der Waals surface area contributed by atoms with Crippen molar-refractivity contribution in [2.24, 2.45) is 0 Å². The van der Waals surface area contributed by atoms with Crippen LogP contribution in [0.1, 0.15) is 47.8 Å². The Hall–Kier alpha value is -17.5. The van der Waals surface area contributed by atoms with E-state index in [0.29, 0.717) is 55.8 Å². The summed E-state index contributed by atoms with van der Waals surface area (Å²) in [5.41, 5.74) is 27.3. The first kappa shape index (κ1) is 88.2. The number of nitrogens with zero attached hydrogens (tertiary/aromatic N) is 5. The molecule has 20 nitrogen and oxygen atoms in total. The van der Waals surface area contributed by atoms with E-state index in [1.807, 2.05) is 231 Å². The summed E-state index contributed by atoms with van der Waals surface area (Å²) in [6.45, 7) is 4.20. The topological polar surface area (TPSA) is 303 Å². The SMILES string of the molecule is COc1ccc(-c2nc(-c3ccccc3)c(-c3cccc(Cl)c3Cl)[nH]2)cc1O.COc1ccc(-c2nc(-c3ccccc3)c(-c3ccccc3)[nH]2)c(OC)c1.Cc1ccc(C)c(-c2[nH]c(-c3cccc(O)c3)nc2-c2ccccc2)c1.O=C(O)c1ccc(-c2nc(-c3ccc4c(c3)-c3cc(-c5[nH]c(-c6ccc(C(=O)O)cc6)nc5-c5ccccc5)ccc3C4=O)c(-c3ccccc3)[nH]2)cc1. The zero-order chi connectivity index (χ0) is 93.3. The number of phenolic OH excluding ortho intramolecular Hbond substituents is 2. The number of nitrogens with one attached hydrogen (secondary N) is 5. The molecule has 22 heteroatoms. The third-order valence-corrected chi connectivity index (χ3v) is 24.0. The molecule has 0 amide bonds. The molecule has 15 aromatic carbocycles. The molecule has 1 aliphatic rings. The second kappa shape index (κ2) is 39.1. The summed E-state index contributed by atoms with van der Waals surface area (Å²) in [4.78, 5) is 78.6. The number of benzene rings is 15. The molecule has 5 aromatic heterocycles. The first-order valence-corrected chi connectivity index (χ1v) is 43.8. The summed E-state index contributed by atoms with van der Waals surface area (Å²) >= 11 is 12.7. The van der Waals surface area contributed by atoms with E-state index in [1.165, 1.54) is 18.2 Å². The van der Waals surface area contributed by atoms with E-state index in [1.54, 1.807) is 93.1 Å². The number of phenols is 2. The molecule has 9 N–H and O–H groups in total. The van der Waals surface area contributed by atoms with Crippen molar-refractivity contribution in [2.75, 3.05) is 21.3 Å². The van der Waals surface area contributed by atoms with E-state index in [2.05, 4.69) is 93.4 Å². The summed E-state index contributed by atoms with van der Waals surface area (Å²) in [5.74, 6) is 3.33. The second-order valence-corrected chi connectivity index (χ2v) is 32.6. The van der Waals surface area contributed by atoms with Gasteiger partial charge in [0, 0.05) is 95.1 Å². The molecule has 0 unspecified atom stereocenters. The molecule has 0 saturated heterocycles. The van der Waals surface area contributed by atoms with E-state index < -0.39 is 11.9 Å². The minimum absolute atomic E-state index is 0.0417. The zero-order valence-electron chi connectivity index (χ0n) is 73.4. The lowest BCUT2D eigenvalue weighted by atomic mass is 9.97. The van der Waals surface area contributed by atoms with Crippen LogP contribution in [0.3, 0.4) is 0 Å². The Bertz CT molecular complexity index is 7510. The highest BCUT2D eigenvalue weighted by molar-refractivity contribution is 6.43. The highest BCUT2D eigenvalue weighted by Crippen LogP contribution is 2.47. The van der Waals surface area contributed by atoms with Gasteiger partial charge in [-0.1, -0.05) is 284 Å². The van der Waals surface area contributed by atoms with Gasteiger partial charge in [-0.15, -0.1) is 0 Å². The normalized spacial score (nSPS) is 11.1. The predicted molar refractivity (Wildman–Crippen MR) is 533 cm³/mol. The van der Waals surface area contributed by atoms with Crippen molar-refractivity contribution in [2.45, 2.75) is 13.8 Å². The van der Waals surface area contributed by atoms with Gasteiger partial charge in [0.05, 0.1) is 105 Å². The molecule has 0 bridgehead atoms. The number of aromatic carboxylic acids is 2. The van der Waals surface area contributed by atoms with Gasteiger partial charge in [0.15, 0.2) is 17.3 Å². The number of carbonyl (C=O) groups is 3. The zero-order valence-corrected chi connectivity index (χ0v) is 74.9. The predicted octanol–water partition coefficient (Wildman–Crippen LogP) is 27.3. The van der Waals surface area contributed by atoms with Crippen molar-refractivity contribution >= 4 is 40.9 Å². The maximum absolute atomic E-state index is 13.8. The van der Waals surface area contributed by atoms with Gasteiger partial charge in [0.25, 0.3) is 0 Å². The number of aryl methyl sites for hydroxylation is 2. The number of carbonyl (C=O) groups excluding carboxylic acids is 1. The summed E-state index contributed by atoms with van der Waals surface area (Å²) < 4.78 is 16.0. The van der Waals surface area contributed by atoms with E-state index >= 15 is 0 Å². The largest absolute Gasteiger partial charge is 0.508 e. The van der Waals surface area contributed by atoms with Crippen LogP contribution in [-0.4, -0.2) is 109 Å². The fraction of sp³-hybridized carbons (Fsp3) is 0.0442. The lowest BCUT2D eigenvalue weighted by Crippen LogP contribution is -1.95. The van der Waals surface area contributed by atoms with Crippen molar-refractivity contribution in [1.29, 1.82) is 0 Å². The first-order chi connectivity index (χ1) is 65.8. The third kappa shape index (κ3) is 18.8. The van der Waals surface area contributed by atoms with Gasteiger partial charge < -0.3 is 59.6 Å². The van der Waals surface area contributed by atoms with Crippen molar-refractivity contribution in [3.8, 4) is 209 Å². The van der Waals surface area contributed by atoms with Gasteiger partial charge in [0.2, 0.25) is 0 Å². The van der Waals surface area contributed by atoms with E-state index in [4.69, 9.17) is 62.3 Å². The fourth-order valence-electron chi connectivity index (χ4n) is 16.3. The molecule has 5 heterocycles. The summed E-state index contributed by atoms with van der Waals surface area (Å²) in [5, 5.41) is 39.7. The Balaban J connectivity index is 0.000000128. The van der Waals surface area contributed by atoms with E-state index in [-0.39, 0.29) is 28.4 Å². The number of H-pyrrole nitrogens is 5. The van der Waals surface area contributed by atoms with Gasteiger partial charge in [-0.05, 0) is 134 Å². The number of carboxylic acid groups (broad SMARTS) is 2. The van der Waals surface area contributed by atoms with Crippen LogP contribution in [0.25, 0.3) is 181 Å². The quantitative estimate of drug-likeness (QED) is 0.0343. The number of aromatic amines is 5. The molecular weight excluding hydrogens is 1730 g/mol. The number of methoxy groups -OCH3 is 3. The second-order valence-electron chi connectivity index (χ2n) is 31.8. The molecule has 135 heavy (non-hydrogen) atoms. The van der Waals surface area contributed by atoms with Crippen molar-refractivity contribution in [3.63, 3.8) is 0 Å². The van der Waals surface area contributed by atoms with Crippen molar-refractivity contribution in [1.82, 2.24) is 49.8 Å². The molecule has 1 aliphatic carbocycles. The van der Waals surface area contributed by atoms with Crippen molar-refractivity contribution < 1.29 is 49.0 Å². The van der Waals surface area contributed by atoms with Gasteiger partial charge in [-0.25, -0.2) is 34.5 Å². The van der Waals surface area contributed by atoms with Gasteiger partial charge >= 0.3 is 11.9 Å². The maximum Gasteiger partial charge on any atom is 0.335 e. The lowest BCUT2D eigenvalue weighted by molar-refractivity contribution is 0.0686. The average Bonchev–Trinajstić information content (AvgIpc) is 1.59. The summed E-state index contributed by atoms with van der Waals surface area (Å²) in [7, 11) is 4.80. The number of halogens is 2. The molecule has 0 fully saturated rings. The first-order valence-electron chi connectivity index (χ1n) is 43.1. The lowest BCUT2D eigenvalue weighted by Gasteiger charge is -2.08. The summed E-state index contributed by atoms with van der Waals surface area (Å²) in [6, 6.07) is 115. The van der Waals surface area contributed by atoms with Gasteiger partial charge in [-0.2, -0.15) is 0 Å². The molecule has 0 radical (unpaired) electrons. The number of aromatic hydroxyl groups is 2. The van der Waals surface area contributed by atoms with Crippen LogP contribution >= 0.6 is 23.2 Å². The highest BCUT2D eigenvalue weighted by Gasteiger charge is 2.31. The third-order valence-electron chi connectivity index (χ3n) is 23.1. The van der Waals surface area contributed by atoms with Crippen LogP contribution in [-0.2, 0) is 0 Å². The fourth-order valence-corrected chi connectivity index (χ4v) is 16.7. The molecule has 0 saturated carbocycles. The van der Waals surface area contributed by atoms with Crippen LogP contribution in [0.2, 0.25) is 10.0 Å².